The number of amides is 1. The fourth-order valence-electron chi connectivity index (χ4n) is 2.31. The van der Waals surface area contributed by atoms with E-state index in [1.54, 1.807) is 6.07 Å². The summed E-state index contributed by atoms with van der Waals surface area (Å²) in [6.07, 6.45) is 0. The second kappa shape index (κ2) is 6.73. The van der Waals surface area contributed by atoms with Crippen LogP contribution in [0.3, 0.4) is 0 Å². The van der Waals surface area contributed by atoms with Gasteiger partial charge in [-0.25, -0.2) is 0 Å². The topological polar surface area (TPSA) is 68.2 Å². The smallest absolute Gasteiger partial charge is 0.244 e. The second-order valence-electron chi connectivity index (χ2n) is 4.58. The molecule has 0 radical (unpaired) electrons. The summed E-state index contributed by atoms with van der Waals surface area (Å²) >= 11 is 3.40. The summed E-state index contributed by atoms with van der Waals surface area (Å²) in [6, 6.07) is 7.47. The fraction of sp³-hybridized carbons (Fsp3) is 0.429. The lowest BCUT2D eigenvalue weighted by Gasteiger charge is -2.37. The Morgan fingerprint density at radius 2 is 2.45 bits per heavy atom. The van der Waals surface area contributed by atoms with Gasteiger partial charge in [0, 0.05) is 36.3 Å². The van der Waals surface area contributed by atoms with Crippen LogP contribution < -0.4 is 15.5 Å². The quantitative estimate of drug-likeness (QED) is 0.871. The molecule has 1 atom stereocenters. The van der Waals surface area contributed by atoms with E-state index in [9.17, 15) is 4.79 Å². The van der Waals surface area contributed by atoms with Gasteiger partial charge in [-0.3, -0.25) is 4.79 Å². The van der Waals surface area contributed by atoms with E-state index in [1.807, 2.05) is 19.1 Å². The molecule has 0 saturated carbocycles. The van der Waals surface area contributed by atoms with E-state index in [0.717, 1.165) is 23.2 Å². The van der Waals surface area contributed by atoms with Crippen LogP contribution in [-0.2, 0) is 4.79 Å². The number of halogens is 1. The zero-order valence-corrected chi connectivity index (χ0v) is 12.9. The molecule has 1 unspecified atom stereocenters. The number of nitrogens with zero attached hydrogens (tertiary/aromatic N) is 2. The van der Waals surface area contributed by atoms with E-state index < -0.39 is 0 Å². The Morgan fingerprint density at radius 3 is 3.10 bits per heavy atom. The molecule has 2 N–H and O–H groups in total. The molecule has 20 heavy (non-hydrogen) atoms. The van der Waals surface area contributed by atoms with Crippen molar-refractivity contribution in [3.8, 4) is 6.07 Å². The summed E-state index contributed by atoms with van der Waals surface area (Å²) in [5, 5.41) is 15.1. The van der Waals surface area contributed by atoms with Gasteiger partial charge in [-0.1, -0.05) is 0 Å². The van der Waals surface area contributed by atoms with Gasteiger partial charge < -0.3 is 15.5 Å². The number of carbonyl (C=O) groups excluding carboxylic acids is 1. The molecule has 5 nitrogen and oxygen atoms in total. The highest BCUT2D eigenvalue weighted by Gasteiger charge is 2.28. The van der Waals surface area contributed by atoms with E-state index in [2.05, 4.69) is 37.5 Å². The summed E-state index contributed by atoms with van der Waals surface area (Å²) in [5.41, 5.74) is 1.55. The predicted molar refractivity (Wildman–Crippen MR) is 81.5 cm³/mol. The van der Waals surface area contributed by atoms with E-state index in [-0.39, 0.29) is 11.9 Å². The summed E-state index contributed by atoms with van der Waals surface area (Å²) in [7, 11) is 0. The first-order chi connectivity index (χ1) is 9.67. The Balaban J connectivity index is 2.26. The maximum Gasteiger partial charge on any atom is 0.244 e. The average Bonchev–Trinajstić information content (AvgIpc) is 2.47. The number of piperazine rings is 1. The Hall–Kier alpha value is -1.58. The number of anilines is 1. The minimum absolute atomic E-state index is 0.0279. The molecule has 0 aromatic heterocycles. The van der Waals surface area contributed by atoms with Crippen molar-refractivity contribution in [1.29, 1.82) is 5.26 Å². The minimum Gasteiger partial charge on any atom is -0.357 e. The van der Waals surface area contributed by atoms with Crippen molar-refractivity contribution in [2.45, 2.75) is 13.0 Å². The lowest BCUT2D eigenvalue weighted by Crippen LogP contribution is -2.58. The zero-order chi connectivity index (χ0) is 14.5. The molecule has 1 aromatic rings. The summed E-state index contributed by atoms with van der Waals surface area (Å²) in [6.45, 7) is 4.77. The van der Waals surface area contributed by atoms with Crippen LogP contribution >= 0.6 is 15.9 Å². The van der Waals surface area contributed by atoms with Crippen molar-refractivity contribution in [2.75, 3.05) is 31.1 Å². The molecule has 1 amide bonds. The Bertz CT molecular complexity index is 540. The van der Waals surface area contributed by atoms with Crippen LogP contribution in [0.25, 0.3) is 0 Å². The number of nitriles is 1. The van der Waals surface area contributed by atoms with Crippen molar-refractivity contribution < 1.29 is 4.79 Å². The molecular formula is C14H17BrN4O. The number of rotatable bonds is 3. The van der Waals surface area contributed by atoms with Crippen LogP contribution in [0.1, 0.15) is 12.5 Å². The molecule has 1 aromatic carbocycles. The van der Waals surface area contributed by atoms with Gasteiger partial charge in [0.25, 0.3) is 0 Å². The summed E-state index contributed by atoms with van der Waals surface area (Å²) in [5.74, 6) is 0.0279. The highest BCUT2D eigenvalue weighted by molar-refractivity contribution is 9.10. The van der Waals surface area contributed by atoms with E-state index in [0.29, 0.717) is 18.7 Å². The van der Waals surface area contributed by atoms with Crippen LogP contribution in [0.4, 0.5) is 5.69 Å². The number of hydrogen-bond donors (Lipinski definition) is 2. The van der Waals surface area contributed by atoms with Crippen LogP contribution in [0, 0.1) is 11.3 Å². The van der Waals surface area contributed by atoms with Crippen molar-refractivity contribution in [3.63, 3.8) is 0 Å². The monoisotopic (exact) mass is 336 g/mol. The van der Waals surface area contributed by atoms with Gasteiger partial charge in [-0.15, -0.1) is 0 Å². The first-order valence-electron chi connectivity index (χ1n) is 6.62. The lowest BCUT2D eigenvalue weighted by molar-refractivity contribution is -0.122. The molecule has 0 spiro atoms. The molecule has 2 rings (SSSR count). The normalized spacial score (nSPS) is 18.4. The van der Waals surface area contributed by atoms with Crippen molar-refractivity contribution in [3.05, 3.63) is 28.2 Å². The molecule has 1 saturated heterocycles. The minimum atomic E-state index is -0.219. The van der Waals surface area contributed by atoms with Gasteiger partial charge in [0.15, 0.2) is 0 Å². The maximum atomic E-state index is 12.1. The molecule has 1 fully saturated rings. The molecule has 106 valence electrons. The van der Waals surface area contributed by atoms with E-state index >= 15 is 0 Å². The van der Waals surface area contributed by atoms with Gasteiger partial charge >= 0.3 is 0 Å². The van der Waals surface area contributed by atoms with Gasteiger partial charge in [-0.05, 0) is 41.1 Å². The molecule has 1 aliphatic heterocycles. The second-order valence-corrected chi connectivity index (χ2v) is 5.44. The average molecular weight is 337 g/mol. The maximum absolute atomic E-state index is 12.1. The van der Waals surface area contributed by atoms with Crippen LogP contribution in [-0.4, -0.2) is 38.1 Å². The lowest BCUT2D eigenvalue weighted by atomic mass is 10.1. The SMILES string of the molecule is CCNC(=O)C1CNCCN1c1ccc(C#N)c(Br)c1. The molecule has 1 heterocycles. The zero-order valence-electron chi connectivity index (χ0n) is 11.3. The first-order valence-corrected chi connectivity index (χ1v) is 7.41. The number of carbonyl (C=O) groups is 1. The number of hydrogen-bond acceptors (Lipinski definition) is 4. The predicted octanol–water partition coefficient (Wildman–Crippen LogP) is 1.24. The summed E-state index contributed by atoms with van der Waals surface area (Å²) in [4.78, 5) is 14.2. The van der Waals surface area contributed by atoms with Gasteiger partial charge in [0.05, 0.1) is 5.56 Å². The number of likely N-dealkylation sites (N-methyl/N-ethyl adjacent to an activating group) is 1. The van der Waals surface area contributed by atoms with Crippen LogP contribution in [0.2, 0.25) is 0 Å². The largest absolute Gasteiger partial charge is 0.357 e. The third-order valence-corrected chi connectivity index (χ3v) is 3.96. The van der Waals surface area contributed by atoms with Crippen molar-refractivity contribution in [2.24, 2.45) is 0 Å². The summed E-state index contributed by atoms with van der Waals surface area (Å²) < 4.78 is 0.755. The number of benzene rings is 1. The third kappa shape index (κ3) is 3.11. The Kier molecular flexibility index (Phi) is 4.99. The van der Waals surface area contributed by atoms with Gasteiger partial charge in [0.1, 0.15) is 12.1 Å². The van der Waals surface area contributed by atoms with Gasteiger partial charge in [-0.2, -0.15) is 5.26 Å². The third-order valence-electron chi connectivity index (χ3n) is 3.30. The van der Waals surface area contributed by atoms with Crippen molar-refractivity contribution >= 4 is 27.5 Å². The van der Waals surface area contributed by atoms with E-state index in [1.165, 1.54) is 0 Å². The highest BCUT2D eigenvalue weighted by Crippen LogP contribution is 2.25. The molecule has 6 heteroatoms. The molecule has 0 aliphatic carbocycles. The van der Waals surface area contributed by atoms with Gasteiger partial charge in [0.2, 0.25) is 5.91 Å². The molecule has 1 aliphatic rings. The molecule has 0 bridgehead atoms. The Labute approximate surface area is 127 Å². The standard InChI is InChI=1S/C14H17BrN4O/c1-2-18-14(20)13-9-17-5-6-19(13)11-4-3-10(8-16)12(15)7-11/h3-4,7,13,17H,2,5-6,9H2,1H3,(H,18,20). The Morgan fingerprint density at radius 1 is 1.65 bits per heavy atom. The van der Waals surface area contributed by atoms with E-state index in [4.69, 9.17) is 5.26 Å². The molecular weight excluding hydrogens is 320 g/mol. The first kappa shape index (κ1) is 14.8. The highest BCUT2D eigenvalue weighted by atomic mass is 79.9. The van der Waals surface area contributed by atoms with Crippen LogP contribution in [0.15, 0.2) is 22.7 Å². The number of nitrogens with one attached hydrogen (secondary N) is 2. The fourth-order valence-corrected chi connectivity index (χ4v) is 2.77. The van der Waals surface area contributed by atoms with Crippen molar-refractivity contribution in [1.82, 2.24) is 10.6 Å². The van der Waals surface area contributed by atoms with Crippen LogP contribution in [0.5, 0.6) is 0 Å².